The highest BCUT2D eigenvalue weighted by molar-refractivity contribution is 5.46. The van der Waals surface area contributed by atoms with E-state index < -0.39 is 0 Å². The molecule has 3 nitrogen and oxygen atoms in total. The van der Waals surface area contributed by atoms with Gasteiger partial charge in [0.1, 0.15) is 5.75 Å². The minimum atomic E-state index is -0.00859. The summed E-state index contributed by atoms with van der Waals surface area (Å²) in [6.45, 7) is 14.4. The molecule has 0 aliphatic rings. The van der Waals surface area contributed by atoms with Crippen molar-refractivity contribution in [2.24, 2.45) is 11.5 Å². The summed E-state index contributed by atoms with van der Waals surface area (Å²) < 4.78 is 0. The predicted molar refractivity (Wildman–Crippen MR) is 102 cm³/mol. The maximum Gasteiger partial charge on any atom is 0.123 e. The Morgan fingerprint density at radius 3 is 1.35 bits per heavy atom. The van der Waals surface area contributed by atoms with Crippen molar-refractivity contribution >= 4 is 0 Å². The summed E-state index contributed by atoms with van der Waals surface area (Å²) in [6.07, 6.45) is 4.79. The number of phenolic OH excluding ortho intramolecular Hbond substituents is 1. The molecule has 0 radical (unpaired) electrons. The zero-order valence-corrected chi connectivity index (χ0v) is 16.1. The molecule has 0 unspecified atom stereocenters. The topological polar surface area (TPSA) is 72.3 Å². The first-order valence-corrected chi connectivity index (χ1v) is 8.78. The second kappa shape index (κ2) is 9.94. The lowest BCUT2D eigenvalue weighted by molar-refractivity contribution is 0.423. The van der Waals surface area contributed by atoms with E-state index in [2.05, 4.69) is 41.5 Å². The van der Waals surface area contributed by atoms with E-state index in [-0.39, 0.29) is 10.8 Å². The van der Waals surface area contributed by atoms with E-state index in [0.717, 1.165) is 37.1 Å². The number of aromatic hydroxyl groups is 1. The largest absolute Gasteiger partial charge is 0.507 e. The van der Waals surface area contributed by atoms with Crippen molar-refractivity contribution in [2.45, 2.75) is 78.1 Å². The Balaban J connectivity index is 0.000000515. The van der Waals surface area contributed by atoms with Crippen molar-refractivity contribution in [3.05, 3.63) is 29.3 Å². The Morgan fingerprint density at radius 2 is 1.09 bits per heavy atom. The minimum Gasteiger partial charge on any atom is -0.507 e. The molecule has 0 saturated heterocycles. The third kappa shape index (κ3) is 8.38. The van der Waals surface area contributed by atoms with Gasteiger partial charge >= 0.3 is 0 Å². The first-order valence-electron chi connectivity index (χ1n) is 8.78. The summed E-state index contributed by atoms with van der Waals surface area (Å²) in [5.41, 5.74) is 12.6. The molecule has 0 bridgehead atoms. The Kier molecular flexibility index (Phi) is 9.48. The number of unbranched alkanes of at least 4 members (excludes halogenated alkanes) is 3. The highest BCUT2D eigenvalue weighted by atomic mass is 16.3. The number of para-hydroxylation sites is 1. The van der Waals surface area contributed by atoms with Crippen LogP contribution in [0.5, 0.6) is 5.75 Å². The molecule has 1 aromatic carbocycles. The smallest absolute Gasteiger partial charge is 0.123 e. The lowest BCUT2D eigenvalue weighted by Gasteiger charge is -2.26. The van der Waals surface area contributed by atoms with Gasteiger partial charge in [0.2, 0.25) is 0 Å². The molecule has 0 aliphatic carbocycles. The molecule has 0 fully saturated rings. The van der Waals surface area contributed by atoms with Crippen LogP contribution in [0.4, 0.5) is 0 Å². The average Bonchev–Trinajstić information content (AvgIpc) is 2.42. The second-order valence-electron chi connectivity index (χ2n) is 8.19. The van der Waals surface area contributed by atoms with E-state index in [9.17, 15) is 5.11 Å². The summed E-state index contributed by atoms with van der Waals surface area (Å²) in [5.74, 6) is 0.456. The van der Waals surface area contributed by atoms with E-state index in [1.807, 2.05) is 18.2 Å². The van der Waals surface area contributed by atoms with Gasteiger partial charge in [-0.05, 0) is 47.9 Å². The van der Waals surface area contributed by atoms with Crippen molar-refractivity contribution in [1.82, 2.24) is 0 Å². The molecule has 23 heavy (non-hydrogen) atoms. The van der Waals surface area contributed by atoms with Gasteiger partial charge in [0.05, 0.1) is 0 Å². The van der Waals surface area contributed by atoms with E-state index in [4.69, 9.17) is 11.5 Å². The summed E-state index contributed by atoms with van der Waals surface area (Å²) >= 11 is 0. The molecular formula is C20H38N2O. The fraction of sp³-hybridized carbons (Fsp3) is 0.700. The van der Waals surface area contributed by atoms with Gasteiger partial charge in [0, 0.05) is 0 Å². The van der Waals surface area contributed by atoms with Crippen molar-refractivity contribution in [2.75, 3.05) is 13.1 Å². The molecule has 0 atom stereocenters. The van der Waals surface area contributed by atoms with Gasteiger partial charge in [-0.25, -0.2) is 0 Å². The molecule has 0 heterocycles. The third-order valence-electron chi connectivity index (χ3n) is 3.81. The molecule has 134 valence electrons. The molecule has 3 heteroatoms. The molecule has 0 saturated carbocycles. The average molecular weight is 323 g/mol. The van der Waals surface area contributed by atoms with Crippen LogP contribution in [0.3, 0.4) is 0 Å². The number of hydrogen-bond donors (Lipinski definition) is 3. The Bertz CT molecular complexity index is 404. The molecule has 0 aliphatic heterocycles. The number of nitrogens with two attached hydrogens (primary N) is 2. The van der Waals surface area contributed by atoms with E-state index in [1.165, 1.54) is 12.8 Å². The van der Waals surface area contributed by atoms with Crippen molar-refractivity contribution in [3.8, 4) is 5.75 Å². The highest BCUT2D eigenvalue weighted by Crippen LogP contribution is 2.38. The Hall–Kier alpha value is -1.06. The fourth-order valence-corrected chi connectivity index (χ4v) is 2.40. The van der Waals surface area contributed by atoms with Crippen LogP contribution in [0.1, 0.15) is 78.4 Å². The summed E-state index contributed by atoms with van der Waals surface area (Å²) in [4.78, 5) is 0. The monoisotopic (exact) mass is 322 g/mol. The van der Waals surface area contributed by atoms with Gasteiger partial charge in [-0.1, -0.05) is 72.6 Å². The molecule has 5 N–H and O–H groups in total. The highest BCUT2D eigenvalue weighted by Gasteiger charge is 2.24. The summed E-state index contributed by atoms with van der Waals surface area (Å²) in [6, 6.07) is 6.04. The van der Waals surface area contributed by atoms with E-state index in [1.54, 1.807) is 0 Å². The van der Waals surface area contributed by atoms with Gasteiger partial charge < -0.3 is 16.6 Å². The van der Waals surface area contributed by atoms with Gasteiger partial charge in [0.25, 0.3) is 0 Å². The summed E-state index contributed by atoms with van der Waals surface area (Å²) in [7, 11) is 0. The van der Waals surface area contributed by atoms with Crippen LogP contribution < -0.4 is 11.5 Å². The molecule has 0 spiro atoms. The Labute approximate surface area is 143 Å². The van der Waals surface area contributed by atoms with Crippen LogP contribution in [-0.4, -0.2) is 18.2 Å². The van der Waals surface area contributed by atoms with Crippen LogP contribution in [0.25, 0.3) is 0 Å². The minimum absolute atomic E-state index is 0.00859. The van der Waals surface area contributed by atoms with E-state index in [0.29, 0.717) is 5.75 Å². The van der Waals surface area contributed by atoms with Crippen molar-refractivity contribution < 1.29 is 5.11 Å². The van der Waals surface area contributed by atoms with Gasteiger partial charge in [-0.3, -0.25) is 0 Å². The summed E-state index contributed by atoms with van der Waals surface area (Å²) in [5, 5.41) is 10.3. The standard InChI is InChI=1S/C14H22O.C6H16N2/c1-13(2,3)10-8-7-9-11(12(10)15)14(4,5)6;7-5-3-1-2-4-6-8/h7-9,15H,1-6H3;1-8H2. The molecule has 1 rings (SSSR count). The van der Waals surface area contributed by atoms with Crippen LogP contribution in [0.2, 0.25) is 0 Å². The Morgan fingerprint density at radius 1 is 0.739 bits per heavy atom. The third-order valence-corrected chi connectivity index (χ3v) is 3.81. The number of rotatable bonds is 5. The van der Waals surface area contributed by atoms with Gasteiger partial charge in [-0.15, -0.1) is 0 Å². The van der Waals surface area contributed by atoms with E-state index >= 15 is 0 Å². The maximum atomic E-state index is 10.3. The van der Waals surface area contributed by atoms with Crippen LogP contribution in [-0.2, 0) is 10.8 Å². The quantitative estimate of drug-likeness (QED) is 0.701. The number of benzene rings is 1. The van der Waals surface area contributed by atoms with Crippen molar-refractivity contribution in [3.63, 3.8) is 0 Å². The van der Waals surface area contributed by atoms with Crippen LogP contribution >= 0.6 is 0 Å². The predicted octanol–water partition coefficient (Wildman–Crippen LogP) is 4.45. The van der Waals surface area contributed by atoms with Crippen molar-refractivity contribution in [1.29, 1.82) is 0 Å². The number of hydrogen-bond acceptors (Lipinski definition) is 3. The molecule has 0 amide bonds. The lowest BCUT2D eigenvalue weighted by Crippen LogP contribution is -2.16. The zero-order valence-electron chi connectivity index (χ0n) is 16.1. The van der Waals surface area contributed by atoms with Gasteiger partial charge in [0.15, 0.2) is 0 Å². The SMILES string of the molecule is CC(C)(C)c1cccc(C(C)(C)C)c1O.NCCCCCCN. The first-order chi connectivity index (χ1) is 10.6. The first kappa shape index (κ1) is 21.9. The zero-order chi connectivity index (χ0) is 18.1. The molecule has 1 aromatic rings. The van der Waals surface area contributed by atoms with Crippen LogP contribution in [0.15, 0.2) is 18.2 Å². The molecular weight excluding hydrogens is 284 g/mol. The fourth-order valence-electron chi connectivity index (χ4n) is 2.40. The number of phenols is 1. The maximum absolute atomic E-state index is 10.3. The van der Waals surface area contributed by atoms with Gasteiger partial charge in [-0.2, -0.15) is 0 Å². The second-order valence-corrected chi connectivity index (χ2v) is 8.19. The van der Waals surface area contributed by atoms with Crippen LogP contribution in [0, 0.1) is 0 Å². The lowest BCUT2D eigenvalue weighted by atomic mass is 9.80. The normalized spacial score (nSPS) is 11.8. The molecule has 0 aromatic heterocycles.